The molecule has 23 heavy (non-hydrogen) atoms. The number of rotatable bonds is 5. The van der Waals surface area contributed by atoms with Gasteiger partial charge in [0.05, 0.1) is 16.1 Å². The minimum Gasteiger partial charge on any atom is -0.305 e. The molecule has 0 heterocycles. The van der Waals surface area contributed by atoms with E-state index in [0.29, 0.717) is 5.69 Å². The molecule has 1 aliphatic carbocycles. The number of carbonyl (C=O) groups excluding carboxylic acids is 1. The number of nitrogens with zero attached hydrogens (tertiary/aromatic N) is 2. The third-order valence-corrected chi connectivity index (χ3v) is 4.63. The first-order valence-corrected chi connectivity index (χ1v) is 7.72. The van der Waals surface area contributed by atoms with Crippen LogP contribution in [0.4, 0.5) is 11.4 Å². The normalized spacial score (nSPS) is 16.0. The maximum atomic E-state index is 11.9. The van der Waals surface area contributed by atoms with Crippen molar-refractivity contribution in [1.82, 2.24) is 0 Å². The summed E-state index contributed by atoms with van der Waals surface area (Å²) in [5, 5.41) is 11.0. The van der Waals surface area contributed by atoms with Crippen LogP contribution < -0.4 is 4.90 Å². The smallest absolute Gasteiger partial charge is 0.271 e. The van der Waals surface area contributed by atoms with Crippen molar-refractivity contribution in [1.29, 1.82) is 0 Å². The first-order valence-electron chi connectivity index (χ1n) is 7.72. The molecule has 0 atom stereocenters. The van der Waals surface area contributed by atoms with Crippen molar-refractivity contribution in [3.05, 3.63) is 70.3 Å². The number of nitro benzene ring substituents is 1. The lowest BCUT2D eigenvalue weighted by Crippen LogP contribution is -2.43. The van der Waals surface area contributed by atoms with Gasteiger partial charge in [-0.05, 0) is 24.5 Å². The highest BCUT2D eigenvalue weighted by molar-refractivity contribution is 5.79. The Kier molecular flexibility index (Phi) is 4.10. The van der Waals surface area contributed by atoms with Crippen LogP contribution in [0.1, 0.15) is 31.2 Å². The van der Waals surface area contributed by atoms with Crippen molar-refractivity contribution >= 4 is 17.8 Å². The third-order valence-electron chi connectivity index (χ3n) is 4.63. The number of hydrogen-bond donors (Lipinski definition) is 0. The van der Waals surface area contributed by atoms with Crippen molar-refractivity contribution in [3.63, 3.8) is 0 Å². The van der Waals surface area contributed by atoms with Gasteiger partial charge >= 0.3 is 0 Å². The van der Waals surface area contributed by atoms with Crippen LogP contribution >= 0.6 is 0 Å². The molecule has 1 saturated carbocycles. The topological polar surface area (TPSA) is 63.5 Å². The van der Waals surface area contributed by atoms with Crippen LogP contribution in [-0.2, 0) is 10.3 Å². The molecule has 0 aliphatic heterocycles. The summed E-state index contributed by atoms with van der Waals surface area (Å²) in [5.74, 6) is 0. The molecule has 2 aromatic rings. The van der Waals surface area contributed by atoms with Crippen LogP contribution in [0.2, 0.25) is 0 Å². The number of carbonyl (C=O) groups is 1. The van der Waals surface area contributed by atoms with E-state index in [2.05, 4.69) is 0 Å². The van der Waals surface area contributed by atoms with Gasteiger partial charge in [0, 0.05) is 12.1 Å². The van der Waals surface area contributed by atoms with Gasteiger partial charge in [0.25, 0.3) is 5.69 Å². The fourth-order valence-corrected chi connectivity index (χ4v) is 3.54. The van der Waals surface area contributed by atoms with E-state index in [4.69, 9.17) is 0 Å². The van der Waals surface area contributed by atoms with E-state index in [9.17, 15) is 14.9 Å². The molecule has 0 N–H and O–H groups in total. The second-order valence-corrected chi connectivity index (χ2v) is 5.86. The van der Waals surface area contributed by atoms with E-state index >= 15 is 0 Å². The summed E-state index contributed by atoms with van der Waals surface area (Å²) in [4.78, 5) is 24.2. The zero-order chi connectivity index (χ0) is 16.3. The summed E-state index contributed by atoms with van der Waals surface area (Å²) in [5.41, 5.74) is 1.23. The summed E-state index contributed by atoms with van der Waals surface area (Å²) in [7, 11) is 0. The van der Waals surface area contributed by atoms with Crippen molar-refractivity contribution in [2.75, 3.05) is 4.90 Å². The molecule has 2 aromatic carbocycles. The Bertz CT molecular complexity index is 709. The number of anilines is 1. The maximum absolute atomic E-state index is 11.9. The van der Waals surface area contributed by atoms with E-state index in [1.54, 1.807) is 17.0 Å². The lowest BCUT2D eigenvalue weighted by Gasteiger charge is -2.39. The number of amides is 1. The monoisotopic (exact) mass is 310 g/mol. The summed E-state index contributed by atoms with van der Waals surface area (Å²) in [6, 6.07) is 16.2. The van der Waals surface area contributed by atoms with E-state index in [1.807, 2.05) is 30.3 Å². The number of nitro groups is 1. The first-order chi connectivity index (χ1) is 11.2. The van der Waals surface area contributed by atoms with Crippen LogP contribution in [0, 0.1) is 10.1 Å². The van der Waals surface area contributed by atoms with Gasteiger partial charge in [-0.1, -0.05) is 49.2 Å². The van der Waals surface area contributed by atoms with Crippen molar-refractivity contribution in [3.8, 4) is 0 Å². The molecule has 0 radical (unpaired) electrons. The maximum Gasteiger partial charge on any atom is 0.271 e. The quantitative estimate of drug-likeness (QED) is 0.476. The Balaban J connectivity index is 2.09. The minimum absolute atomic E-state index is 0.00411. The molecule has 0 aromatic heterocycles. The molecule has 5 heteroatoms. The van der Waals surface area contributed by atoms with Gasteiger partial charge in [0.1, 0.15) is 0 Å². The molecule has 3 rings (SSSR count). The molecule has 0 saturated heterocycles. The zero-order valence-electron chi connectivity index (χ0n) is 12.7. The Morgan fingerprint density at radius 1 is 1.04 bits per heavy atom. The Hall–Kier alpha value is -2.69. The van der Waals surface area contributed by atoms with Gasteiger partial charge in [-0.3, -0.25) is 14.9 Å². The molecule has 1 amide bonds. The SMILES string of the molecule is O=CN(c1cccc([N+](=O)[O-])c1)C1(c2ccccc2)CCCC1. The molecule has 0 unspecified atom stereocenters. The van der Waals surface area contributed by atoms with Crippen molar-refractivity contribution in [2.24, 2.45) is 0 Å². The van der Waals surface area contributed by atoms with Crippen LogP contribution in [0.25, 0.3) is 0 Å². The largest absolute Gasteiger partial charge is 0.305 e. The molecule has 1 aliphatic rings. The lowest BCUT2D eigenvalue weighted by atomic mass is 9.86. The number of benzene rings is 2. The second kappa shape index (κ2) is 6.20. The fraction of sp³-hybridized carbons (Fsp3) is 0.278. The summed E-state index contributed by atoms with van der Waals surface area (Å²) in [6.07, 6.45) is 4.59. The zero-order valence-corrected chi connectivity index (χ0v) is 12.7. The average Bonchev–Trinajstić information content (AvgIpc) is 3.07. The van der Waals surface area contributed by atoms with Gasteiger partial charge in [0.15, 0.2) is 0 Å². The van der Waals surface area contributed by atoms with Crippen LogP contribution in [0.15, 0.2) is 54.6 Å². The van der Waals surface area contributed by atoms with Gasteiger partial charge in [0.2, 0.25) is 6.41 Å². The van der Waals surface area contributed by atoms with Crippen LogP contribution in [0.3, 0.4) is 0 Å². The highest BCUT2D eigenvalue weighted by Gasteiger charge is 2.41. The lowest BCUT2D eigenvalue weighted by molar-refractivity contribution is -0.384. The molecule has 1 fully saturated rings. The third kappa shape index (κ3) is 2.70. The van der Waals surface area contributed by atoms with Crippen LogP contribution in [0.5, 0.6) is 0 Å². The highest BCUT2D eigenvalue weighted by atomic mass is 16.6. The van der Waals surface area contributed by atoms with E-state index in [0.717, 1.165) is 37.7 Å². The number of non-ortho nitro benzene ring substituents is 1. The predicted octanol–water partition coefficient (Wildman–Crippen LogP) is 4.03. The summed E-state index contributed by atoms with van der Waals surface area (Å²) < 4.78 is 0. The van der Waals surface area contributed by atoms with Gasteiger partial charge in [-0.15, -0.1) is 0 Å². The first kappa shape index (κ1) is 15.2. The van der Waals surface area contributed by atoms with E-state index < -0.39 is 10.5 Å². The fourth-order valence-electron chi connectivity index (χ4n) is 3.54. The highest BCUT2D eigenvalue weighted by Crippen LogP contribution is 2.45. The Morgan fingerprint density at radius 2 is 1.74 bits per heavy atom. The second-order valence-electron chi connectivity index (χ2n) is 5.86. The predicted molar refractivity (Wildman–Crippen MR) is 88.2 cm³/mol. The van der Waals surface area contributed by atoms with Gasteiger partial charge < -0.3 is 4.90 Å². The standard InChI is InChI=1S/C18H18N2O3/c21-14-19(16-9-6-10-17(13-16)20(22)23)18(11-4-5-12-18)15-7-2-1-3-8-15/h1-3,6-10,13-14H,4-5,11-12H2. The summed E-state index contributed by atoms with van der Waals surface area (Å²) in [6.45, 7) is 0. The van der Waals surface area contributed by atoms with Crippen molar-refractivity contribution in [2.45, 2.75) is 31.2 Å². The molecule has 0 bridgehead atoms. The van der Waals surface area contributed by atoms with E-state index in [1.165, 1.54) is 12.1 Å². The molecular weight excluding hydrogens is 292 g/mol. The molecule has 0 spiro atoms. The minimum atomic E-state index is -0.434. The molecule has 118 valence electrons. The van der Waals surface area contributed by atoms with E-state index in [-0.39, 0.29) is 5.69 Å². The van der Waals surface area contributed by atoms with Gasteiger partial charge in [-0.2, -0.15) is 0 Å². The summed E-state index contributed by atoms with van der Waals surface area (Å²) >= 11 is 0. The molecule has 5 nitrogen and oxygen atoms in total. The Morgan fingerprint density at radius 3 is 2.35 bits per heavy atom. The van der Waals surface area contributed by atoms with Crippen molar-refractivity contribution < 1.29 is 9.72 Å². The van der Waals surface area contributed by atoms with Crippen LogP contribution in [-0.4, -0.2) is 11.3 Å². The van der Waals surface area contributed by atoms with Gasteiger partial charge in [-0.25, -0.2) is 0 Å². The molecular formula is C18H18N2O3. The number of hydrogen-bond acceptors (Lipinski definition) is 3. The average molecular weight is 310 g/mol. The Labute approximate surface area is 134 Å².